The van der Waals surface area contributed by atoms with Crippen molar-refractivity contribution in [1.29, 1.82) is 0 Å². The van der Waals surface area contributed by atoms with E-state index >= 15 is 0 Å². The van der Waals surface area contributed by atoms with E-state index in [9.17, 15) is 4.79 Å². The number of benzene rings is 1. The number of hydrogen-bond acceptors (Lipinski definition) is 2. The van der Waals surface area contributed by atoms with Crippen molar-refractivity contribution in [2.24, 2.45) is 0 Å². The summed E-state index contributed by atoms with van der Waals surface area (Å²) in [6, 6.07) is 8.07. The predicted octanol–water partition coefficient (Wildman–Crippen LogP) is 3.32. The fraction of sp³-hybridized carbons (Fsp3) is 0.500. The number of amides is 1. The second kappa shape index (κ2) is 6.97. The lowest BCUT2D eigenvalue weighted by Crippen LogP contribution is -2.44. The van der Waals surface area contributed by atoms with Crippen molar-refractivity contribution >= 4 is 28.5 Å². The first-order valence-electron chi connectivity index (χ1n) is 6.11. The molecule has 0 aromatic heterocycles. The Bertz CT molecular complexity index is 379. The zero-order valence-electron chi connectivity index (χ0n) is 11.3. The van der Waals surface area contributed by atoms with Crippen molar-refractivity contribution in [3.63, 3.8) is 0 Å². The predicted molar refractivity (Wildman–Crippen MR) is 81.8 cm³/mol. The number of rotatable bonds is 5. The smallest absolute Gasteiger partial charge is 0.260 e. The molecule has 100 valence electrons. The Labute approximate surface area is 123 Å². The summed E-state index contributed by atoms with van der Waals surface area (Å²) in [5, 5.41) is 0. The van der Waals surface area contributed by atoms with Crippen LogP contribution in [0, 0.1) is 3.57 Å². The molecule has 1 amide bonds. The molecule has 18 heavy (non-hydrogen) atoms. The average Bonchev–Trinajstić information content (AvgIpc) is 2.27. The van der Waals surface area contributed by atoms with E-state index in [2.05, 4.69) is 22.6 Å². The minimum Gasteiger partial charge on any atom is -0.484 e. The standard InChI is InChI=1S/C14H20INO2/c1-10(2)16(11(3)4)14(17)9-18-13-7-5-12(15)6-8-13/h5-8,10-11H,9H2,1-4H3. The fourth-order valence-corrected chi connectivity index (χ4v) is 2.28. The van der Waals surface area contributed by atoms with Crippen LogP contribution in [0.2, 0.25) is 0 Å². The van der Waals surface area contributed by atoms with Gasteiger partial charge in [-0.25, -0.2) is 0 Å². The minimum absolute atomic E-state index is 0.0264. The molecule has 0 spiro atoms. The molecule has 1 aromatic carbocycles. The van der Waals surface area contributed by atoms with Gasteiger partial charge in [0.1, 0.15) is 5.75 Å². The maximum atomic E-state index is 12.1. The molecule has 0 heterocycles. The van der Waals surface area contributed by atoms with E-state index in [4.69, 9.17) is 4.74 Å². The number of hydrogen-bond donors (Lipinski definition) is 0. The molecule has 0 unspecified atom stereocenters. The minimum atomic E-state index is 0.0264. The highest BCUT2D eigenvalue weighted by molar-refractivity contribution is 14.1. The van der Waals surface area contributed by atoms with Gasteiger partial charge in [0.2, 0.25) is 0 Å². The summed E-state index contributed by atoms with van der Waals surface area (Å²) in [5.74, 6) is 0.759. The maximum Gasteiger partial charge on any atom is 0.260 e. The number of halogens is 1. The first-order chi connectivity index (χ1) is 8.41. The largest absolute Gasteiger partial charge is 0.484 e. The Morgan fingerprint density at radius 2 is 1.67 bits per heavy atom. The first kappa shape index (κ1) is 15.3. The fourth-order valence-electron chi connectivity index (χ4n) is 1.92. The van der Waals surface area contributed by atoms with E-state index in [0.717, 1.165) is 9.32 Å². The van der Waals surface area contributed by atoms with Crippen molar-refractivity contribution in [2.75, 3.05) is 6.61 Å². The van der Waals surface area contributed by atoms with Gasteiger partial charge in [-0.15, -0.1) is 0 Å². The summed E-state index contributed by atoms with van der Waals surface area (Å²) >= 11 is 2.24. The molecule has 0 aliphatic rings. The van der Waals surface area contributed by atoms with Gasteiger partial charge in [-0.3, -0.25) is 4.79 Å². The highest BCUT2D eigenvalue weighted by atomic mass is 127. The summed E-state index contributed by atoms with van der Waals surface area (Å²) in [6.45, 7) is 8.16. The van der Waals surface area contributed by atoms with E-state index in [0.29, 0.717) is 0 Å². The van der Waals surface area contributed by atoms with Crippen LogP contribution in [0.4, 0.5) is 0 Å². The summed E-state index contributed by atoms with van der Waals surface area (Å²) in [7, 11) is 0. The molecule has 0 radical (unpaired) electrons. The van der Waals surface area contributed by atoms with Gasteiger partial charge in [-0.2, -0.15) is 0 Å². The Balaban J connectivity index is 2.57. The van der Waals surface area contributed by atoms with Gasteiger partial charge in [0, 0.05) is 15.7 Å². The second-order valence-electron chi connectivity index (χ2n) is 4.73. The molecule has 1 aromatic rings. The zero-order chi connectivity index (χ0) is 13.7. The molecule has 0 bridgehead atoms. The monoisotopic (exact) mass is 361 g/mol. The Hall–Kier alpha value is -0.780. The van der Waals surface area contributed by atoms with Gasteiger partial charge in [0.15, 0.2) is 6.61 Å². The van der Waals surface area contributed by atoms with E-state index in [1.54, 1.807) is 0 Å². The molecule has 1 rings (SSSR count). The molecule has 0 saturated carbocycles. The van der Waals surface area contributed by atoms with Gasteiger partial charge in [0.05, 0.1) is 0 Å². The third-order valence-corrected chi connectivity index (χ3v) is 3.30. The Kier molecular flexibility index (Phi) is 5.91. The van der Waals surface area contributed by atoms with Crippen molar-refractivity contribution in [3.05, 3.63) is 27.8 Å². The van der Waals surface area contributed by atoms with Crippen LogP contribution in [0.3, 0.4) is 0 Å². The van der Waals surface area contributed by atoms with Crippen LogP contribution in [0.5, 0.6) is 5.75 Å². The number of carbonyl (C=O) groups is 1. The van der Waals surface area contributed by atoms with Crippen LogP contribution in [-0.4, -0.2) is 29.5 Å². The van der Waals surface area contributed by atoms with Crippen LogP contribution in [-0.2, 0) is 4.79 Å². The quantitative estimate of drug-likeness (QED) is 0.753. The zero-order valence-corrected chi connectivity index (χ0v) is 13.5. The molecule has 0 fully saturated rings. The molecular formula is C14H20INO2. The molecule has 0 N–H and O–H groups in total. The van der Waals surface area contributed by atoms with Gasteiger partial charge in [-0.1, -0.05) is 0 Å². The van der Waals surface area contributed by atoms with E-state index < -0.39 is 0 Å². The van der Waals surface area contributed by atoms with Crippen LogP contribution >= 0.6 is 22.6 Å². The number of nitrogens with zero attached hydrogens (tertiary/aromatic N) is 1. The van der Waals surface area contributed by atoms with Crippen LogP contribution in [0.1, 0.15) is 27.7 Å². The first-order valence-corrected chi connectivity index (χ1v) is 7.19. The summed E-state index contributed by atoms with van der Waals surface area (Å²) in [4.78, 5) is 13.9. The van der Waals surface area contributed by atoms with Gasteiger partial charge < -0.3 is 9.64 Å². The van der Waals surface area contributed by atoms with Crippen LogP contribution < -0.4 is 4.74 Å². The highest BCUT2D eigenvalue weighted by Crippen LogP contribution is 2.14. The number of carbonyl (C=O) groups excluding carboxylic acids is 1. The van der Waals surface area contributed by atoms with Crippen molar-refractivity contribution < 1.29 is 9.53 Å². The van der Waals surface area contributed by atoms with Crippen LogP contribution in [0.25, 0.3) is 0 Å². The lowest BCUT2D eigenvalue weighted by Gasteiger charge is -2.30. The van der Waals surface area contributed by atoms with Gasteiger partial charge >= 0.3 is 0 Å². The molecule has 0 aliphatic carbocycles. The lowest BCUT2D eigenvalue weighted by molar-refractivity contribution is -0.136. The SMILES string of the molecule is CC(C)N(C(=O)COc1ccc(I)cc1)C(C)C. The highest BCUT2D eigenvalue weighted by Gasteiger charge is 2.20. The molecular weight excluding hydrogens is 341 g/mol. The lowest BCUT2D eigenvalue weighted by atomic mass is 10.2. The van der Waals surface area contributed by atoms with E-state index in [1.165, 1.54) is 0 Å². The summed E-state index contributed by atoms with van der Waals surface area (Å²) in [6.07, 6.45) is 0. The maximum absolute atomic E-state index is 12.1. The Morgan fingerprint density at radius 3 is 2.11 bits per heavy atom. The third kappa shape index (κ3) is 4.48. The van der Waals surface area contributed by atoms with Crippen molar-refractivity contribution in [3.8, 4) is 5.75 Å². The molecule has 0 atom stereocenters. The molecule has 4 heteroatoms. The van der Waals surface area contributed by atoms with Crippen molar-refractivity contribution in [1.82, 2.24) is 4.90 Å². The Morgan fingerprint density at radius 1 is 1.17 bits per heavy atom. The molecule has 3 nitrogen and oxygen atoms in total. The summed E-state index contributed by atoms with van der Waals surface area (Å²) in [5.41, 5.74) is 0. The van der Waals surface area contributed by atoms with E-state index in [-0.39, 0.29) is 24.6 Å². The third-order valence-electron chi connectivity index (χ3n) is 2.58. The topological polar surface area (TPSA) is 29.5 Å². The van der Waals surface area contributed by atoms with E-state index in [1.807, 2.05) is 56.9 Å². The summed E-state index contributed by atoms with van der Waals surface area (Å²) < 4.78 is 6.66. The van der Waals surface area contributed by atoms with Gasteiger partial charge in [-0.05, 0) is 74.6 Å². The molecule has 0 aliphatic heterocycles. The molecule has 0 saturated heterocycles. The average molecular weight is 361 g/mol. The second-order valence-corrected chi connectivity index (χ2v) is 5.98. The number of ether oxygens (including phenoxy) is 1. The van der Waals surface area contributed by atoms with Crippen molar-refractivity contribution in [2.45, 2.75) is 39.8 Å². The normalized spacial score (nSPS) is 10.8. The van der Waals surface area contributed by atoms with Gasteiger partial charge in [0.25, 0.3) is 5.91 Å². The van der Waals surface area contributed by atoms with Crippen LogP contribution in [0.15, 0.2) is 24.3 Å².